The fraction of sp³-hybridized carbons (Fsp3) is 0.375. The number of nitrogens with zero attached hydrogens (tertiary/aromatic N) is 2. The normalized spacial score (nSPS) is 15.3. The van der Waals surface area contributed by atoms with Gasteiger partial charge in [0.05, 0.1) is 0 Å². The summed E-state index contributed by atoms with van der Waals surface area (Å²) in [5.74, 6) is 1.09. The maximum absolute atomic E-state index is 12.5. The maximum Gasteiger partial charge on any atom is 0.227 e. The van der Waals surface area contributed by atoms with Gasteiger partial charge in [-0.15, -0.1) is 0 Å². The Morgan fingerprint density at radius 3 is 2.52 bits per heavy atom. The number of aromatic nitrogens is 2. The van der Waals surface area contributed by atoms with Crippen LogP contribution >= 0.6 is 0 Å². The molecule has 5 nitrogen and oxygen atoms in total. The summed E-state index contributed by atoms with van der Waals surface area (Å²) in [5, 5.41) is 7.19. The number of amides is 1. The third-order valence-electron chi connectivity index (χ3n) is 5.91. The molecule has 1 aromatic heterocycles. The lowest BCUT2D eigenvalue weighted by molar-refractivity contribution is -0.121. The molecule has 1 amide bonds. The van der Waals surface area contributed by atoms with Crippen molar-refractivity contribution in [2.75, 3.05) is 6.54 Å². The quantitative estimate of drug-likeness (QED) is 0.641. The van der Waals surface area contributed by atoms with Gasteiger partial charge < -0.3 is 9.84 Å². The third kappa shape index (κ3) is 4.56. The molecule has 5 heteroatoms. The van der Waals surface area contributed by atoms with Crippen LogP contribution in [0.3, 0.4) is 0 Å². The maximum atomic E-state index is 12.5. The van der Waals surface area contributed by atoms with Crippen molar-refractivity contribution in [2.45, 2.75) is 50.9 Å². The van der Waals surface area contributed by atoms with Gasteiger partial charge in [-0.05, 0) is 25.3 Å². The van der Waals surface area contributed by atoms with Crippen molar-refractivity contribution in [2.24, 2.45) is 0 Å². The highest BCUT2D eigenvalue weighted by Crippen LogP contribution is 2.40. The molecule has 0 bridgehead atoms. The summed E-state index contributed by atoms with van der Waals surface area (Å²) in [6.07, 6.45) is 5.48. The highest BCUT2D eigenvalue weighted by molar-refractivity contribution is 5.76. The molecule has 0 radical (unpaired) electrons. The number of hydrogen-bond donors (Lipinski definition) is 1. The van der Waals surface area contributed by atoms with Gasteiger partial charge >= 0.3 is 0 Å². The van der Waals surface area contributed by atoms with Crippen LogP contribution < -0.4 is 5.32 Å². The van der Waals surface area contributed by atoms with Crippen molar-refractivity contribution < 1.29 is 9.32 Å². The van der Waals surface area contributed by atoms with E-state index in [4.69, 9.17) is 4.52 Å². The summed E-state index contributed by atoms with van der Waals surface area (Å²) in [4.78, 5) is 16.9. The molecule has 1 aliphatic carbocycles. The molecule has 29 heavy (non-hydrogen) atoms. The molecule has 1 N–H and O–H groups in total. The van der Waals surface area contributed by atoms with Crippen molar-refractivity contribution in [3.8, 4) is 11.4 Å². The first-order chi connectivity index (χ1) is 14.1. The van der Waals surface area contributed by atoms with Crippen LogP contribution in [-0.4, -0.2) is 22.6 Å². The Morgan fingerprint density at radius 1 is 1.07 bits per heavy atom. The van der Waals surface area contributed by atoms with Gasteiger partial charge in [0.2, 0.25) is 17.6 Å². The summed E-state index contributed by atoms with van der Waals surface area (Å²) in [6, 6.07) is 18.6. The monoisotopic (exact) mass is 389 g/mol. The Hall–Kier alpha value is -2.95. The average molecular weight is 389 g/mol. The fourth-order valence-electron chi connectivity index (χ4n) is 4.16. The van der Waals surface area contributed by atoms with Crippen molar-refractivity contribution in [3.05, 3.63) is 71.6 Å². The van der Waals surface area contributed by atoms with E-state index in [1.54, 1.807) is 0 Å². The summed E-state index contributed by atoms with van der Waals surface area (Å²) < 4.78 is 5.33. The molecule has 1 fully saturated rings. The topological polar surface area (TPSA) is 68.0 Å². The number of carbonyl (C=O) groups excluding carboxylic acids is 1. The zero-order valence-corrected chi connectivity index (χ0v) is 16.9. The second-order valence-electron chi connectivity index (χ2n) is 8.01. The van der Waals surface area contributed by atoms with Crippen molar-refractivity contribution in [1.82, 2.24) is 15.5 Å². The minimum Gasteiger partial charge on any atom is -0.355 e. The van der Waals surface area contributed by atoms with E-state index in [0.717, 1.165) is 18.4 Å². The standard InChI is InChI=1S/C24H27N3O2/c1-18-9-11-19(12-10-18)23-26-22(29-27-23)14-13-21(28)25-17-24(15-5-6-16-24)20-7-3-2-4-8-20/h2-4,7-12H,5-6,13-17H2,1H3,(H,25,28). The van der Waals surface area contributed by atoms with Gasteiger partial charge in [-0.3, -0.25) is 4.79 Å². The van der Waals surface area contributed by atoms with Crippen molar-refractivity contribution in [3.63, 3.8) is 0 Å². The lowest BCUT2D eigenvalue weighted by atomic mass is 9.79. The van der Waals surface area contributed by atoms with Gasteiger partial charge in [0.15, 0.2) is 0 Å². The first-order valence-electron chi connectivity index (χ1n) is 10.4. The van der Waals surface area contributed by atoms with Gasteiger partial charge in [0, 0.05) is 30.4 Å². The Morgan fingerprint density at radius 2 is 1.79 bits per heavy atom. The predicted molar refractivity (Wildman–Crippen MR) is 112 cm³/mol. The SMILES string of the molecule is Cc1ccc(-c2noc(CCC(=O)NCC3(c4ccccc4)CCCC3)n2)cc1. The van der Waals surface area contributed by atoms with Gasteiger partial charge in [-0.1, -0.05) is 78.2 Å². The van der Waals surface area contributed by atoms with E-state index < -0.39 is 0 Å². The highest BCUT2D eigenvalue weighted by atomic mass is 16.5. The largest absolute Gasteiger partial charge is 0.355 e. The Balaban J connectivity index is 1.32. The molecule has 0 aliphatic heterocycles. The first-order valence-corrected chi connectivity index (χ1v) is 10.4. The molecule has 3 aromatic rings. The third-order valence-corrected chi connectivity index (χ3v) is 5.91. The molecule has 2 aromatic carbocycles. The van der Waals surface area contributed by atoms with E-state index in [0.29, 0.717) is 31.1 Å². The van der Waals surface area contributed by atoms with Crippen LogP contribution in [0.2, 0.25) is 0 Å². The molecule has 4 rings (SSSR count). The minimum atomic E-state index is 0.0299. The Kier molecular flexibility index (Phi) is 5.74. The number of nitrogens with one attached hydrogen (secondary N) is 1. The second kappa shape index (κ2) is 8.60. The molecule has 0 spiro atoms. The Labute approximate surface area is 171 Å². The van der Waals surface area contributed by atoms with Gasteiger partial charge in [-0.2, -0.15) is 4.98 Å². The molecule has 0 atom stereocenters. The highest BCUT2D eigenvalue weighted by Gasteiger charge is 2.35. The zero-order chi connectivity index (χ0) is 20.1. The van der Waals surface area contributed by atoms with E-state index >= 15 is 0 Å². The number of benzene rings is 2. The summed E-state index contributed by atoms with van der Waals surface area (Å²) in [6.45, 7) is 2.73. The number of carbonyl (C=O) groups is 1. The molecular weight excluding hydrogens is 362 g/mol. The minimum absolute atomic E-state index is 0.0299. The van der Waals surface area contributed by atoms with Crippen molar-refractivity contribution >= 4 is 5.91 Å². The van der Waals surface area contributed by atoms with Crippen LogP contribution in [-0.2, 0) is 16.6 Å². The number of rotatable bonds is 7. The molecule has 1 saturated carbocycles. The van der Waals surface area contributed by atoms with Crippen LogP contribution in [0.4, 0.5) is 0 Å². The van der Waals surface area contributed by atoms with Crippen LogP contribution in [0.25, 0.3) is 11.4 Å². The molecule has 150 valence electrons. The van der Waals surface area contributed by atoms with E-state index in [-0.39, 0.29) is 11.3 Å². The molecule has 1 heterocycles. The second-order valence-corrected chi connectivity index (χ2v) is 8.01. The number of aryl methyl sites for hydroxylation is 2. The van der Waals surface area contributed by atoms with E-state index in [9.17, 15) is 4.79 Å². The fourth-order valence-corrected chi connectivity index (χ4v) is 4.16. The summed E-state index contributed by atoms with van der Waals surface area (Å²) in [7, 11) is 0. The Bertz CT molecular complexity index is 942. The number of hydrogen-bond acceptors (Lipinski definition) is 4. The van der Waals surface area contributed by atoms with Gasteiger partial charge in [0.1, 0.15) is 0 Å². The summed E-state index contributed by atoms with van der Waals surface area (Å²) >= 11 is 0. The van der Waals surface area contributed by atoms with Gasteiger partial charge in [0.25, 0.3) is 0 Å². The van der Waals surface area contributed by atoms with E-state index in [1.165, 1.54) is 24.0 Å². The smallest absolute Gasteiger partial charge is 0.227 e. The van der Waals surface area contributed by atoms with Crippen LogP contribution in [0.15, 0.2) is 59.1 Å². The van der Waals surface area contributed by atoms with Crippen molar-refractivity contribution in [1.29, 1.82) is 0 Å². The molecular formula is C24H27N3O2. The van der Waals surface area contributed by atoms with E-state index in [1.807, 2.05) is 37.3 Å². The van der Waals surface area contributed by atoms with Crippen LogP contribution in [0.5, 0.6) is 0 Å². The average Bonchev–Trinajstić information content (AvgIpc) is 3.43. The first kappa shape index (κ1) is 19.4. The van der Waals surface area contributed by atoms with E-state index in [2.05, 4.69) is 39.7 Å². The van der Waals surface area contributed by atoms with Crippen LogP contribution in [0, 0.1) is 6.92 Å². The summed E-state index contributed by atoms with van der Waals surface area (Å²) in [5.41, 5.74) is 3.50. The molecule has 0 unspecified atom stereocenters. The lowest BCUT2D eigenvalue weighted by Crippen LogP contribution is -2.39. The molecule has 0 saturated heterocycles. The predicted octanol–water partition coefficient (Wildman–Crippen LogP) is 4.61. The zero-order valence-electron chi connectivity index (χ0n) is 16.9. The molecule has 1 aliphatic rings. The van der Waals surface area contributed by atoms with Gasteiger partial charge in [-0.25, -0.2) is 0 Å². The lowest BCUT2D eigenvalue weighted by Gasteiger charge is -2.30. The van der Waals surface area contributed by atoms with Crippen LogP contribution in [0.1, 0.15) is 49.1 Å².